The lowest BCUT2D eigenvalue weighted by Crippen LogP contribution is -2.17. The van der Waals surface area contributed by atoms with Crippen LogP contribution in [0.4, 0.5) is 0 Å². The van der Waals surface area contributed by atoms with E-state index in [0.717, 1.165) is 17.2 Å². The van der Waals surface area contributed by atoms with Crippen molar-refractivity contribution < 1.29 is 9.47 Å². The molecule has 1 aliphatic heterocycles. The Hall–Kier alpha value is -1.59. The Bertz CT molecular complexity index is 528. The van der Waals surface area contributed by atoms with Crippen LogP contribution in [0, 0.1) is 0 Å². The molecule has 0 bridgehead atoms. The molecule has 0 saturated heterocycles. The topological polar surface area (TPSA) is 43.4 Å². The van der Waals surface area contributed by atoms with Crippen LogP contribution >= 0.6 is 11.3 Å². The van der Waals surface area contributed by atoms with E-state index in [4.69, 9.17) is 9.47 Å². The SMILES string of the molecule is CNC1COc2cc(OCc3cscn3)ccc21. The summed E-state index contributed by atoms with van der Waals surface area (Å²) in [5, 5.41) is 5.21. The molecule has 1 aliphatic rings. The lowest BCUT2D eigenvalue weighted by molar-refractivity contribution is 0.295. The molecule has 2 aromatic rings. The van der Waals surface area contributed by atoms with Crippen LogP contribution in [0.3, 0.4) is 0 Å². The molecular formula is C13H14N2O2S. The van der Waals surface area contributed by atoms with E-state index >= 15 is 0 Å². The summed E-state index contributed by atoms with van der Waals surface area (Å²) in [6, 6.07) is 6.26. The quantitative estimate of drug-likeness (QED) is 0.918. The zero-order chi connectivity index (χ0) is 12.4. The highest BCUT2D eigenvalue weighted by molar-refractivity contribution is 7.07. The van der Waals surface area contributed by atoms with Gasteiger partial charge < -0.3 is 14.8 Å². The number of aromatic nitrogens is 1. The molecule has 1 atom stereocenters. The number of nitrogens with one attached hydrogen (secondary N) is 1. The first-order valence-corrected chi connectivity index (χ1v) is 6.75. The van der Waals surface area contributed by atoms with E-state index in [1.165, 1.54) is 5.56 Å². The predicted octanol–water partition coefficient (Wildman–Crippen LogP) is 2.38. The summed E-state index contributed by atoms with van der Waals surface area (Å²) in [6.45, 7) is 1.18. The summed E-state index contributed by atoms with van der Waals surface area (Å²) in [5.74, 6) is 1.73. The molecule has 0 spiro atoms. The van der Waals surface area contributed by atoms with Crippen molar-refractivity contribution in [1.29, 1.82) is 0 Å². The van der Waals surface area contributed by atoms with Gasteiger partial charge >= 0.3 is 0 Å². The van der Waals surface area contributed by atoms with Gasteiger partial charge in [0, 0.05) is 17.0 Å². The smallest absolute Gasteiger partial charge is 0.131 e. The van der Waals surface area contributed by atoms with Crippen molar-refractivity contribution in [1.82, 2.24) is 10.3 Å². The number of likely N-dealkylation sites (N-methyl/N-ethyl adjacent to an activating group) is 1. The van der Waals surface area contributed by atoms with Crippen molar-refractivity contribution in [3.63, 3.8) is 0 Å². The molecule has 0 aliphatic carbocycles. The average Bonchev–Trinajstić information content (AvgIpc) is 3.05. The minimum Gasteiger partial charge on any atom is -0.491 e. The first kappa shape index (κ1) is 11.5. The molecule has 0 fully saturated rings. The van der Waals surface area contributed by atoms with E-state index in [1.807, 2.05) is 30.1 Å². The molecule has 4 nitrogen and oxygen atoms in total. The van der Waals surface area contributed by atoms with E-state index in [9.17, 15) is 0 Å². The second-order valence-corrected chi connectivity index (χ2v) is 4.84. The zero-order valence-electron chi connectivity index (χ0n) is 10.1. The van der Waals surface area contributed by atoms with Crippen molar-refractivity contribution >= 4 is 11.3 Å². The highest BCUT2D eigenvalue weighted by Crippen LogP contribution is 2.35. The molecule has 0 amide bonds. The van der Waals surface area contributed by atoms with Gasteiger partial charge in [-0.1, -0.05) is 0 Å². The van der Waals surface area contributed by atoms with Gasteiger partial charge in [0.25, 0.3) is 0 Å². The summed E-state index contributed by atoms with van der Waals surface area (Å²) >= 11 is 1.57. The monoisotopic (exact) mass is 262 g/mol. The maximum absolute atomic E-state index is 5.69. The van der Waals surface area contributed by atoms with Crippen LogP contribution in [0.25, 0.3) is 0 Å². The van der Waals surface area contributed by atoms with Crippen molar-refractivity contribution in [2.75, 3.05) is 13.7 Å². The molecule has 0 saturated carbocycles. The number of nitrogens with zero attached hydrogens (tertiary/aromatic N) is 1. The Labute approximate surface area is 110 Å². The fraction of sp³-hybridized carbons (Fsp3) is 0.308. The van der Waals surface area contributed by atoms with Crippen molar-refractivity contribution in [3.05, 3.63) is 40.3 Å². The van der Waals surface area contributed by atoms with Gasteiger partial charge in [-0.2, -0.15) is 0 Å². The molecule has 0 radical (unpaired) electrons. The first-order valence-electron chi connectivity index (χ1n) is 5.80. The first-order chi connectivity index (χ1) is 8.86. The zero-order valence-corrected chi connectivity index (χ0v) is 10.9. The summed E-state index contributed by atoms with van der Waals surface area (Å²) < 4.78 is 11.3. The third-order valence-corrected chi connectivity index (χ3v) is 3.62. The number of thiazole rings is 1. The second kappa shape index (κ2) is 4.96. The second-order valence-electron chi connectivity index (χ2n) is 4.12. The molecule has 1 aromatic heterocycles. The molecule has 3 rings (SSSR count). The van der Waals surface area contributed by atoms with Gasteiger partial charge in [-0.15, -0.1) is 11.3 Å². The molecule has 1 N–H and O–H groups in total. The highest BCUT2D eigenvalue weighted by Gasteiger charge is 2.22. The van der Waals surface area contributed by atoms with Crippen LogP contribution in [0.15, 0.2) is 29.1 Å². The van der Waals surface area contributed by atoms with Crippen molar-refractivity contribution in [3.8, 4) is 11.5 Å². The maximum Gasteiger partial charge on any atom is 0.131 e. The van der Waals surface area contributed by atoms with Gasteiger partial charge in [0.05, 0.1) is 17.2 Å². The van der Waals surface area contributed by atoms with Crippen molar-refractivity contribution in [2.24, 2.45) is 0 Å². The molecule has 5 heteroatoms. The lowest BCUT2D eigenvalue weighted by Gasteiger charge is -2.08. The summed E-state index contributed by atoms with van der Waals surface area (Å²) in [4.78, 5) is 4.18. The molecular weight excluding hydrogens is 248 g/mol. The number of hydrogen-bond donors (Lipinski definition) is 1. The Morgan fingerprint density at radius 1 is 1.56 bits per heavy atom. The normalized spacial score (nSPS) is 17.3. The van der Waals surface area contributed by atoms with Gasteiger partial charge in [0.2, 0.25) is 0 Å². The van der Waals surface area contributed by atoms with E-state index in [2.05, 4.69) is 16.4 Å². The number of fused-ring (bicyclic) bond motifs is 1. The van der Waals surface area contributed by atoms with Crippen molar-refractivity contribution in [2.45, 2.75) is 12.6 Å². The molecule has 18 heavy (non-hydrogen) atoms. The van der Waals surface area contributed by atoms with Gasteiger partial charge in [-0.05, 0) is 19.2 Å². The Balaban J connectivity index is 1.71. The van der Waals surface area contributed by atoms with Crippen LogP contribution < -0.4 is 14.8 Å². The molecule has 94 valence electrons. The summed E-state index contributed by atoms with van der Waals surface area (Å²) in [5.41, 5.74) is 3.95. The third kappa shape index (κ3) is 2.19. The molecule has 1 aromatic carbocycles. The van der Waals surface area contributed by atoms with E-state index < -0.39 is 0 Å². The van der Waals surface area contributed by atoms with Crippen LogP contribution in [0.2, 0.25) is 0 Å². The Morgan fingerprint density at radius 2 is 2.50 bits per heavy atom. The van der Waals surface area contributed by atoms with Crippen LogP contribution in [-0.4, -0.2) is 18.6 Å². The van der Waals surface area contributed by atoms with Gasteiger partial charge in [0.1, 0.15) is 24.7 Å². The van der Waals surface area contributed by atoms with Crippen LogP contribution in [-0.2, 0) is 6.61 Å². The van der Waals surface area contributed by atoms with E-state index in [-0.39, 0.29) is 6.04 Å². The van der Waals surface area contributed by atoms with Gasteiger partial charge in [-0.3, -0.25) is 0 Å². The minimum absolute atomic E-state index is 0.285. The lowest BCUT2D eigenvalue weighted by atomic mass is 10.1. The van der Waals surface area contributed by atoms with Gasteiger partial charge in [-0.25, -0.2) is 4.98 Å². The fourth-order valence-corrected chi connectivity index (χ4v) is 2.53. The number of hydrogen-bond acceptors (Lipinski definition) is 5. The van der Waals surface area contributed by atoms with E-state index in [1.54, 1.807) is 11.3 Å². The minimum atomic E-state index is 0.285. The number of benzene rings is 1. The highest BCUT2D eigenvalue weighted by atomic mass is 32.1. The summed E-state index contributed by atoms with van der Waals surface area (Å²) in [7, 11) is 1.94. The van der Waals surface area contributed by atoms with E-state index in [0.29, 0.717) is 13.2 Å². The predicted molar refractivity (Wildman–Crippen MR) is 70.2 cm³/mol. The largest absolute Gasteiger partial charge is 0.491 e. The summed E-state index contributed by atoms with van der Waals surface area (Å²) in [6.07, 6.45) is 0. The standard InChI is InChI=1S/C13H14N2O2S/c1-14-12-6-17-13-4-10(2-3-11(12)13)16-5-9-7-18-8-15-9/h2-4,7-8,12,14H,5-6H2,1H3. The third-order valence-electron chi connectivity index (χ3n) is 2.98. The van der Waals surface area contributed by atoms with Gasteiger partial charge in [0.15, 0.2) is 0 Å². The molecule has 2 heterocycles. The number of ether oxygens (including phenoxy) is 2. The number of rotatable bonds is 4. The fourth-order valence-electron chi connectivity index (χ4n) is 1.99. The van der Waals surface area contributed by atoms with Crippen LogP contribution in [0.5, 0.6) is 11.5 Å². The maximum atomic E-state index is 5.69. The Kier molecular flexibility index (Phi) is 3.17. The molecule has 1 unspecified atom stereocenters. The Morgan fingerprint density at radius 3 is 3.28 bits per heavy atom. The average molecular weight is 262 g/mol. The van der Waals surface area contributed by atoms with Crippen LogP contribution in [0.1, 0.15) is 17.3 Å².